The van der Waals surface area contributed by atoms with E-state index in [1.807, 2.05) is 60.7 Å². The SMILES string of the molecule is [2H]c1c([2H])c2c(-c3ccc4c(c3)c3c(n4-c4cccc(-c5ccccc5)c4)-c4ccccc4C3(C)C)ccc3c([2H])c([2H])c4c(-c5ccccc5)ccc1c4c32. The van der Waals surface area contributed by atoms with Crippen molar-refractivity contribution >= 4 is 43.2 Å². The first kappa shape index (κ1) is 25.5. The molecule has 1 aromatic heterocycles. The Labute approximate surface area is 309 Å². The zero-order valence-corrected chi connectivity index (χ0v) is 28.9. The van der Waals surface area contributed by atoms with Crippen LogP contribution in [-0.4, -0.2) is 4.57 Å². The number of hydrogen-bond donors (Lipinski definition) is 0. The van der Waals surface area contributed by atoms with Crippen LogP contribution in [0.5, 0.6) is 0 Å². The highest BCUT2D eigenvalue weighted by Gasteiger charge is 2.40. The van der Waals surface area contributed by atoms with E-state index >= 15 is 0 Å². The van der Waals surface area contributed by atoms with Crippen molar-refractivity contribution in [3.8, 4) is 50.3 Å². The largest absolute Gasteiger partial charge is 0.309 e. The van der Waals surface area contributed by atoms with Crippen LogP contribution in [0.2, 0.25) is 0 Å². The standard InChI is InChI=1S/C51H35N/c1-51(2)45-19-10-9-18-43(45)50-49(51)44-31-37(24-29-46(44)52(50)38-17-11-16-36(30-38)32-12-5-3-6-13-32)40-26-21-35-22-27-41-39(33-14-7-4-8-15-33)25-20-34-23-28-42(40)48(35)47(34)41/h3-31H,1-2H3/i22D,23D,27D,28D. The second-order valence-electron chi connectivity index (χ2n) is 14.6. The maximum atomic E-state index is 9.51. The van der Waals surface area contributed by atoms with E-state index in [0.29, 0.717) is 21.5 Å². The van der Waals surface area contributed by atoms with Gasteiger partial charge in [-0.3, -0.25) is 0 Å². The quantitative estimate of drug-likeness (QED) is 0.165. The predicted octanol–water partition coefficient (Wildman–Crippen LogP) is 13.8. The Morgan fingerprint density at radius 3 is 1.79 bits per heavy atom. The third-order valence-corrected chi connectivity index (χ3v) is 11.4. The smallest absolute Gasteiger partial charge is 0.0630 e. The molecular weight excluding hydrogens is 627 g/mol. The average Bonchev–Trinajstić information content (AvgIpc) is 3.71. The fourth-order valence-corrected chi connectivity index (χ4v) is 8.99. The van der Waals surface area contributed by atoms with Crippen LogP contribution in [0.1, 0.15) is 30.5 Å². The summed E-state index contributed by atoms with van der Waals surface area (Å²) in [4.78, 5) is 0. The van der Waals surface area contributed by atoms with Gasteiger partial charge in [-0.05, 0) is 101 Å². The van der Waals surface area contributed by atoms with E-state index in [1.54, 1.807) is 0 Å². The van der Waals surface area contributed by atoms with Gasteiger partial charge in [0.25, 0.3) is 0 Å². The highest BCUT2D eigenvalue weighted by atomic mass is 15.0. The Morgan fingerprint density at radius 1 is 0.462 bits per heavy atom. The third kappa shape index (κ3) is 4.05. The van der Waals surface area contributed by atoms with Gasteiger partial charge in [-0.1, -0.05) is 165 Å². The van der Waals surface area contributed by atoms with Crippen molar-refractivity contribution in [3.05, 3.63) is 187 Å². The molecule has 9 aromatic carbocycles. The monoisotopic (exact) mass is 665 g/mol. The molecule has 1 heteroatoms. The van der Waals surface area contributed by atoms with Crippen molar-refractivity contribution in [2.45, 2.75) is 19.3 Å². The van der Waals surface area contributed by atoms with Crippen LogP contribution in [-0.2, 0) is 5.41 Å². The van der Waals surface area contributed by atoms with E-state index in [1.165, 1.54) is 27.9 Å². The van der Waals surface area contributed by atoms with Gasteiger partial charge in [0.1, 0.15) is 0 Å². The van der Waals surface area contributed by atoms with Gasteiger partial charge in [0.05, 0.1) is 16.7 Å². The lowest BCUT2D eigenvalue weighted by Gasteiger charge is -2.21. The number of rotatable bonds is 4. The molecule has 1 aliphatic carbocycles. The summed E-state index contributed by atoms with van der Waals surface area (Å²) in [7, 11) is 0. The fourth-order valence-electron chi connectivity index (χ4n) is 8.99. The maximum Gasteiger partial charge on any atom is 0.0630 e. The van der Waals surface area contributed by atoms with Crippen molar-refractivity contribution < 1.29 is 5.48 Å². The molecule has 0 bridgehead atoms. The lowest BCUT2D eigenvalue weighted by Crippen LogP contribution is -2.14. The molecule has 0 saturated carbocycles. The van der Waals surface area contributed by atoms with E-state index in [-0.39, 0.29) is 29.6 Å². The summed E-state index contributed by atoms with van der Waals surface area (Å²) < 4.78 is 39.8. The maximum absolute atomic E-state index is 9.51. The molecule has 1 heterocycles. The summed E-state index contributed by atoms with van der Waals surface area (Å²) in [6, 6.07) is 53.0. The highest BCUT2D eigenvalue weighted by molar-refractivity contribution is 6.27. The Balaban J connectivity index is 1.21. The summed E-state index contributed by atoms with van der Waals surface area (Å²) in [5.41, 5.74) is 12.9. The number of benzene rings is 9. The van der Waals surface area contributed by atoms with Crippen molar-refractivity contribution in [3.63, 3.8) is 0 Å². The predicted molar refractivity (Wildman–Crippen MR) is 221 cm³/mol. The van der Waals surface area contributed by atoms with Crippen molar-refractivity contribution in [1.29, 1.82) is 0 Å². The molecule has 0 saturated heterocycles. The Morgan fingerprint density at radius 2 is 1.08 bits per heavy atom. The van der Waals surface area contributed by atoms with Crippen LogP contribution >= 0.6 is 0 Å². The van der Waals surface area contributed by atoms with E-state index in [9.17, 15) is 5.48 Å². The van der Waals surface area contributed by atoms with Crippen LogP contribution < -0.4 is 0 Å². The van der Waals surface area contributed by atoms with Gasteiger partial charge in [-0.2, -0.15) is 0 Å². The van der Waals surface area contributed by atoms with Crippen LogP contribution in [0, 0.1) is 0 Å². The lowest BCUT2D eigenvalue weighted by molar-refractivity contribution is 0.666. The molecule has 1 nitrogen and oxygen atoms in total. The summed E-state index contributed by atoms with van der Waals surface area (Å²) >= 11 is 0. The Kier molecular flexibility index (Phi) is 5.29. The molecule has 10 aromatic rings. The molecule has 0 unspecified atom stereocenters. The second kappa shape index (κ2) is 10.8. The first-order valence-corrected chi connectivity index (χ1v) is 18.0. The number of aromatic nitrogens is 1. The summed E-state index contributed by atoms with van der Waals surface area (Å²) in [6.07, 6.45) is 0. The van der Waals surface area contributed by atoms with Crippen molar-refractivity contribution in [2.24, 2.45) is 0 Å². The summed E-state index contributed by atoms with van der Waals surface area (Å²) in [6.45, 7) is 4.63. The number of hydrogen-bond acceptors (Lipinski definition) is 0. The van der Waals surface area contributed by atoms with E-state index < -0.39 is 0 Å². The van der Waals surface area contributed by atoms with Gasteiger partial charge in [0.15, 0.2) is 0 Å². The van der Waals surface area contributed by atoms with Gasteiger partial charge < -0.3 is 4.57 Å². The van der Waals surface area contributed by atoms with Gasteiger partial charge in [0, 0.05) is 22.1 Å². The molecule has 52 heavy (non-hydrogen) atoms. The van der Waals surface area contributed by atoms with Crippen LogP contribution in [0.15, 0.2) is 176 Å². The molecular formula is C51H35N. The number of nitrogens with zero attached hydrogens (tertiary/aromatic N) is 1. The minimum atomic E-state index is -0.277. The molecule has 0 spiro atoms. The van der Waals surface area contributed by atoms with Crippen molar-refractivity contribution in [1.82, 2.24) is 4.57 Å². The second-order valence-corrected chi connectivity index (χ2v) is 14.6. The van der Waals surface area contributed by atoms with Crippen LogP contribution in [0.3, 0.4) is 0 Å². The third-order valence-electron chi connectivity index (χ3n) is 11.4. The molecule has 11 rings (SSSR count). The summed E-state index contributed by atoms with van der Waals surface area (Å²) in [5.74, 6) is 0. The Hall–Kier alpha value is -6.44. The normalized spacial score (nSPS) is 14.4. The Bertz CT molecular complexity index is 3250. The summed E-state index contributed by atoms with van der Waals surface area (Å²) in [5, 5.41) is 5.28. The number of fused-ring (bicyclic) bond motifs is 5. The van der Waals surface area contributed by atoms with Gasteiger partial charge >= 0.3 is 0 Å². The van der Waals surface area contributed by atoms with E-state index in [0.717, 1.165) is 55.2 Å². The minimum Gasteiger partial charge on any atom is -0.309 e. The average molecular weight is 666 g/mol. The first-order chi connectivity index (χ1) is 27.2. The van der Waals surface area contributed by atoms with E-state index in [2.05, 4.69) is 109 Å². The zero-order valence-electron chi connectivity index (χ0n) is 32.9. The van der Waals surface area contributed by atoms with E-state index in [4.69, 9.17) is 0 Å². The minimum absolute atomic E-state index is 0.135. The molecule has 244 valence electrons. The molecule has 0 atom stereocenters. The topological polar surface area (TPSA) is 4.93 Å². The van der Waals surface area contributed by atoms with Gasteiger partial charge in [-0.15, -0.1) is 0 Å². The molecule has 0 amide bonds. The first-order valence-electron chi connectivity index (χ1n) is 20.0. The molecule has 0 aliphatic heterocycles. The molecule has 0 fully saturated rings. The molecule has 0 N–H and O–H groups in total. The zero-order chi connectivity index (χ0) is 38.0. The lowest BCUT2D eigenvalue weighted by atomic mass is 9.81. The van der Waals surface area contributed by atoms with Crippen molar-refractivity contribution in [2.75, 3.05) is 0 Å². The van der Waals surface area contributed by atoms with Gasteiger partial charge in [-0.25, -0.2) is 0 Å². The fraction of sp³-hybridized carbons (Fsp3) is 0.0588. The van der Waals surface area contributed by atoms with Gasteiger partial charge in [0.2, 0.25) is 0 Å². The van der Waals surface area contributed by atoms with Crippen LogP contribution in [0.4, 0.5) is 0 Å². The molecule has 1 aliphatic rings. The highest BCUT2D eigenvalue weighted by Crippen LogP contribution is 2.54. The van der Waals surface area contributed by atoms with Crippen LogP contribution in [0.25, 0.3) is 93.5 Å². The molecule has 0 radical (unpaired) electrons.